The molecule has 9 N–H and O–H groups in total. The molecule has 0 radical (unpaired) electrons. The predicted molar refractivity (Wildman–Crippen MR) is 183 cm³/mol. The molecule has 3 rings (SSSR count). The summed E-state index contributed by atoms with van der Waals surface area (Å²) < 4.78 is 0. The summed E-state index contributed by atoms with van der Waals surface area (Å²) in [6.07, 6.45) is 0.0162. The lowest BCUT2D eigenvalue weighted by Crippen LogP contribution is -2.57. The van der Waals surface area contributed by atoms with E-state index in [0.717, 1.165) is 0 Å². The summed E-state index contributed by atoms with van der Waals surface area (Å²) in [6.45, 7) is 3.16. The first kappa shape index (κ1) is 39.9. The number of carboxylic acids is 2. The molecule has 0 aromatic heterocycles. The van der Waals surface area contributed by atoms with E-state index in [-0.39, 0.29) is 43.9 Å². The van der Waals surface area contributed by atoms with Crippen molar-refractivity contribution in [2.24, 2.45) is 11.7 Å². The van der Waals surface area contributed by atoms with Gasteiger partial charge >= 0.3 is 11.9 Å². The lowest BCUT2D eigenvalue weighted by atomic mass is 10.0. The number of hydrogen-bond acceptors (Lipinski definition) is 9. The molecular weight excluding hydrogens is 664 g/mol. The molecule has 5 atom stereocenters. The number of phenolic OH excluding ortho intramolecular Hbond substituents is 1. The van der Waals surface area contributed by atoms with Gasteiger partial charge in [0.25, 0.3) is 0 Å². The van der Waals surface area contributed by atoms with Crippen LogP contribution in [-0.2, 0) is 46.4 Å². The van der Waals surface area contributed by atoms with Crippen LogP contribution in [0, 0.1) is 5.92 Å². The molecule has 1 saturated heterocycles. The van der Waals surface area contributed by atoms with Gasteiger partial charge in [-0.2, -0.15) is 0 Å². The molecule has 16 heteroatoms. The summed E-state index contributed by atoms with van der Waals surface area (Å²) in [6, 6.07) is 9.11. The van der Waals surface area contributed by atoms with Crippen LogP contribution < -0.4 is 27.0 Å². The molecule has 1 aliphatic heterocycles. The van der Waals surface area contributed by atoms with E-state index >= 15 is 0 Å². The average Bonchev–Trinajstić information content (AvgIpc) is 3.59. The fraction of sp³-hybridized carbons (Fsp3) is 0.457. The van der Waals surface area contributed by atoms with Crippen LogP contribution in [-0.4, -0.2) is 105 Å². The number of nitrogens with one attached hydrogen (secondary N) is 4. The van der Waals surface area contributed by atoms with Crippen LogP contribution in [0.3, 0.4) is 0 Å². The molecule has 0 aliphatic carbocycles. The Kier molecular flexibility index (Phi) is 14.9. The number of hydrogen-bond donors (Lipinski definition) is 8. The van der Waals surface area contributed by atoms with Gasteiger partial charge in [-0.05, 0) is 54.9 Å². The standard InChI is InChI=1S/C35H46N6O10/c1-20(2)30(40-31(46)24(36)17-22-10-12-23(42)13-11-22)34(49)37-19-28(43)41-16-6-9-27(41)33(48)39-26(18-21-7-4-3-5-8-21)32(47)38-25(35(50)51)14-15-29(44)45/h3-5,7-8,10-13,20,24-27,30,42H,6,9,14-19,36H2,1-2H3,(H,37,49)(H,38,47)(H,39,48)(H,40,46)(H,44,45)(H,50,51)/t24-,25-,26-,27-,30-/m0/s1. The van der Waals surface area contributed by atoms with Gasteiger partial charge in [0.05, 0.1) is 12.6 Å². The van der Waals surface area contributed by atoms with E-state index < -0.39 is 84.6 Å². The Labute approximate surface area is 295 Å². The number of carbonyl (C=O) groups excluding carboxylic acids is 5. The van der Waals surface area contributed by atoms with E-state index in [9.17, 15) is 43.8 Å². The number of carbonyl (C=O) groups is 7. The van der Waals surface area contributed by atoms with Crippen molar-refractivity contribution in [1.82, 2.24) is 26.2 Å². The molecule has 2 aromatic rings. The van der Waals surface area contributed by atoms with Crippen LogP contribution in [0.4, 0.5) is 0 Å². The van der Waals surface area contributed by atoms with Crippen LogP contribution in [0.25, 0.3) is 0 Å². The highest BCUT2D eigenvalue weighted by Crippen LogP contribution is 2.18. The van der Waals surface area contributed by atoms with Crippen molar-refractivity contribution in [2.75, 3.05) is 13.1 Å². The number of phenols is 1. The summed E-state index contributed by atoms with van der Waals surface area (Å²) in [5, 5.41) is 38.1. The van der Waals surface area contributed by atoms with E-state index in [1.807, 2.05) is 0 Å². The van der Waals surface area contributed by atoms with Gasteiger partial charge in [0.1, 0.15) is 29.9 Å². The topological polar surface area (TPSA) is 258 Å². The molecule has 0 bridgehead atoms. The fourth-order valence-electron chi connectivity index (χ4n) is 5.61. The Morgan fingerprint density at radius 3 is 2.08 bits per heavy atom. The lowest BCUT2D eigenvalue weighted by molar-refractivity contribution is -0.144. The van der Waals surface area contributed by atoms with Crippen molar-refractivity contribution in [3.05, 3.63) is 65.7 Å². The highest BCUT2D eigenvalue weighted by molar-refractivity contribution is 5.95. The van der Waals surface area contributed by atoms with Crippen LogP contribution in [0.2, 0.25) is 0 Å². The van der Waals surface area contributed by atoms with Gasteiger partial charge in [0, 0.05) is 19.4 Å². The van der Waals surface area contributed by atoms with Gasteiger partial charge in [-0.15, -0.1) is 0 Å². The van der Waals surface area contributed by atoms with Crippen molar-refractivity contribution >= 4 is 41.5 Å². The second kappa shape index (κ2) is 19.0. The Balaban J connectivity index is 1.63. The maximum absolute atomic E-state index is 13.5. The number of benzene rings is 2. The summed E-state index contributed by atoms with van der Waals surface area (Å²) in [5.41, 5.74) is 7.43. The third kappa shape index (κ3) is 12.4. The number of carboxylic acid groups (broad SMARTS) is 2. The van der Waals surface area contributed by atoms with Crippen LogP contribution in [0.15, 0.2) is 54.6 Å². The third-order valence-corrected chi connectivity index (χ3v) is 8.44. The van der Waals surface area contributed by atoms with E-state index in [2.05, 4.69) is 21.3 Å². The Morgan fingerprint density at radius 2 is 1.47 bits per heavy atom. The second-order valence-corrected chi connectivity index (χ2v) is 12.8. The molecule has 16 nitrogen and oxygen atoms in total. The molecular formula is C35H46N6O10. The van der Waals surface area contributed by atoms with Crippen molar-refractivity contribution in [3.63, 3.8) is 0 Å². The number of aromatic hydroxyl groups is 1. The highest BCUT2D eigenvalue weighted by atomic mass is 16.4. The van der Waals surface area contributed by atoms with E-state index in [0.29, 0.717) is 17.5 Å². The molecule has 0 saturated carbocycles. The molecule has 51 heavy (non-hydrogen) atoms. The highest BCUT2D eigenvalue weighted by Gasteiger charge is 2.37. The van der Waals surface area contributed by atoms with Crippen molar-refractivity contribution < 1.29 is 48.9 Å². The van der Waals surface area contributed by atoms with E-state index in [1.165, 1.54) is 17.0 Å². The summed E-state index contributed by atoms with van der Waals surface area (Å²) >= 11 is 0. The van der Waals surface area contributed by atoms with Crippen LogP contribution in [0.5, 0.6) is 5.75 Å². The molecule has 2 aromatic carbocycles. The largest absolute Gasteiger partial charge is 0.508 e. The van der Waals surface area contributed by atoms with Crippen LogP contribution in [0.1, 0.15) is 50.7 Å². The second-order valence-electron chi connectivity index (χ2n) is 12.8. The van der Waals surface area contributed by atoms with Gasteiger partial charge in [-0.1, -0.05) is 56.3 Å². The summed E-state index contributed by atoms with van der Waals surface area (Å²) in [7, 11) is 0. The fourth-order valence-corrected chi connectivity index (χ4v) is 5.61. The number of nitrogens with zero attached hydrogens (tertiary/aromatic N) is 1. The maximum Gasteiger partial charge on any atom is 0.326 e. The van der Waals surface area contributed by atoms with Gasteiger partial charge in [0.15, 0.2) is 0 Å². The number of aliphatic carboxylic acids is 2. The zero-order valence-corrected chi connectivity index (χ0v) is 28.5. The van der Waals surface area contributed by atoms with Gasteiger partial charge in [-0.25, -0.2) is 4.79 Å². The number of amides is 5. The van der Waals surface area contributed by atoms with Crippen molar-refractivity contribution in [3.8, 4) is 5.75 Å². The first-order valence-corrected chi connectivity index (χ1v) is 16.7. The minimum absolute atomic E-state index is 0.0126. The molecule has 0 unspecified atom stereocenters. The zero-order chi connectivity index (χ0) is 37.7. The van der Waals surface area contributed by atoms with Crippen molar-refractivity contribution in [1.29, 1.82) is 0 Å². The first-order valence-electron chi connectivity index (χ1n) is 16.7. The average molecular weight is 711 g/mol. The third-order valence-electron chi connectivity index (χ3n) is 8.44. The summed E-state index contributed by atoms with van der Waals surface area (Å²) in [4.78, 5) is 90.1. The number of likely N-dealkylation sites (tertiary alicyclic amines) is 1. The molecule has 276 valence electrons. The minimum atomic E-state index is -1.51. The Hall–Kier alpha value is -5.51. The monoisotopic (exact) mass is 710 g/mol. The first-order chi connectivity index (χ1) is 24.2. The zero-order valence-electron chi connectivity index (χ0n) is 28.5. The molecule has 0 spiro atoms. The molecule has 1 aliphatic rings. The van der Waals surface area contributed by atoms with Gasteiger partial charge in [0.2, 0.25) is 29.5 Å². The van der Waals surface area contributed by atoms with Crippen molar-refractivity contribution in [2.45, 2.75) is 82.6 Å². The Bertz CT molecular complexity index is 1550. The SMILES string of the molecule is CC(C)[C@H](NC(=O)[C@@H](N)Cc1ccc(O)cc1)C(=O)NCC(=O)N1CCC[C@H]1C(=O)N[C@@H](Cc1ccccc1)C(=O)N[C@@H](CCC(=O)O)C(=O)O. The molecule has 5 amide bonds. The Morgan fingerprint density at radius 1 is 0.824 bits per heavy atom. The predicted octanol–water partition coefficient (Wildman–Crippen LogP) is -0.328. The maximum atomic E-state index is 13.5. The van der Waals surface area contributed by atoms with Crippen LogP contribution >= 0.6 is 0 Å². The summed E-state index contributed by atoms with van der Waals surface area (Å²) in [5.74, 6) is -6.23. The van der Waals surface area contributed by atoms with E-state index in [1.54, 1.807) is 56.3 Å². The smallest absolute Gasteiger partial charge is 0.326 e. The molecule has 1 heterocycles. The normalized spacial score (nSPS) is 16.3. The van der Waals surface area contributed by atoms with E-state index in [4.69, 9.17) is 10.8 Å². The van der Waals surface area contributed by atoms with Gasteiger partial charge in [-0.3, -0.25) is 28.8 Å². The van der Waals surface area contributed by atoms with Gasteiger partial charge < -0.3 is 47.2 Å². The molecule has 1 fully saturated rings. The quantitative estimate of drug-likeness (QED) is 0.0994. The minimum Gasteiger partial charge on any atom is -0.508 e. The lowest BCUT2D eigenvalue weighted by Gasteiger charge is -2.28. The number of rotatable bonds is 18. The number of nitrogens with two attached hydrogens (primary N) is 1.